The van der Waals surface area contributed by atoms with Gasteiger partial charge in [0.1, 0.15) is 6.04 Å². The Morgan fingerprint density at radius 1 is 1.37 bits per heavy atom. The second-order valence-electron chi connectivity index (χ2n) is 5.06. The molecule has 4 heteroatoms. The van der Waals surface area contributed by atoms with Crippen LogP contribution in [0.15, 0.2) is 18.2 Å². The van der Waals surface area contributed by atoms with Gasteiger partial charge in [0, 0.05) is 18.8 Å². The van der Waals surface area contributed by atoms with Crippen molar-refractivity contribution in [3.05, 3.63) is 29.3 Å². The summed E-state index contributed by atoms with van der Waals surface area (Å²) in [6.45, 7) is 5.58. The third-order valence-corrected chi connectivity index (χ3v) is 3.38. The Morgan fingerprint density at radius 2 is 2.05 bits per heavy atom. The van der Waals surface area contributed by atoms with Gasteiger partial charge in [0.05, 0.1) is 12.5 Å². The van der Waals surface area contributed by atoms with E-state index in [0.717, 1.165) is 18.7 Å². The molecule has 1 N–H and O–H groups in total. The van der Waals surface area contributed by atoms with Gasteiger partial charge in [-0.1, -0.05) is 6.07 Å². The standard InChI is InChI=1S/C15H19N3O/c1-11-8-12(2)10-13(9-11)18-7-3-6-17-15(19)14(18)4-5-16/h8-10,14H,3-4,6-7H2,1-2H3,(H,17,19). The fourth-order valence-electron chi connectivity index (χ4n) is 2.59. The highest BCUT2D eigenvalue weighted by Crippen LogP contribution is 2.23. The molecule has 0 spiro atoms. The van der Waals surface area contributed by atoms with Crippen molar-refractivity contribution in [2.75, 3.05) is 18.0 Å². The number of hydrogen-bond acceptors (Lipinski definition) is 3. The third-order valence-electron chi connectivity index (χ3n) is 3.38. The Kier molecular flexibility index (Phi) is 4.06. The molecule has 2 rings (SSSR count). The Bertz CT molecular complexity index is 498. The topological polar surface area (TPSA) is 56.1 Å². The zero-order chi connectivity index (χ0) is 13.8. The molecule has 100 valence electrons. The number of rotatable bonds is 2. The van der Waals surface area contributed by atoms with Crippen molar-refractivity contribution in [3.8, 4) is 6.07 Å². The highest BCUT2D eigenvalue weighted by molar-refractivity contribution is 5.86. The van der Waals surface area contributed by atoms with Gasteiger partial charge in [0.2, 0.25) is 5.91 Å². The minimum atomic E-state index is -0.381. The number of nitrogens with one attached hydrogen (secondary N) is 1. The maximum absolute atomic E-state index is 12.1. The molecule has 0 radical (unpaired) electrons. The van der Waals surface area contributed by atoms with Crippen LogP contribution in [-0.2, 0) is 4.79 Å². The van der Waals surface area contributed by atoms with E-state index in [4.69, 9.17) is 5.26 Å². The highest BCUT2D eigenvalue weighted by Gasteiger charge is 2.28. The number of hydrogen-bond donors (Lipinski definition) is 1. The van der Waals surface area contributed by atoms with E-state index in [-0.39, 0.29) is 18.4 Å². The molecule has 1 aliphatic rings. The highest BCUT2D eigenvalue weighted by atomic mass is 16.2. The largest absolute Gasteiger partial charge is 0.359 e. The van der Waals surface area contributed by atoms with Gasteiger partial charge in [-0.05, 0) is 43.5 Å². The molecule has 1 aromatic carbocycles. The molecular weight excluding hydrogens is 238 g/mol. The number of carbonyl (C=O) groups is 1. The van der Waals surface area contributed by atoms with Crippen LogP contribution in [0, 0.1) is 25.2 Å². The molecule has 4 nitrogen and oxygen atoms in total. The fraction of sp³-hybridized carbons (Fsp3) is 0.467. The molecule has 1 unspecified atom stereocenters. The monoisotopic (exact) mass is 257 g/mol. The molecule has 1 heterocycles. The van der Waals surface area contributed by atoms with Crippen LogP contribution in [0.3, 0.4) is 0 Å². The zero-order valence-corrected chi connectivity index (χ0v) is 11.4. The minimum Gasteiger partial charge on any atom is -0.359 e. The van der Waals surface area contributed by atoms with E-state index in [1.165, 1.54) is 11.1 Å². The van der Waals surface area contributed by atoms with Crippen LogP contribution in [0.5, 0.6) is 0 Å². The molecule has 1 atom stereocenters. The van der Waals surface area contributed by atoms with Crippen molar-refractivity contribution in [3.63, 3.8) is 0 Å². The van der Waals surface area contributed by atoms with Crippen LogP contribution in [0.25, 0.3) is 0 Å². The van der Waals surface area contributed by atoms with E-state index in [9.17, 15) is 4.79 Å². The van der Waals surface area contributed by atoms with E-state index in [1.807, 2.05) is 13.8 Å². The van der Waals surface area contributed by atoms with Gasteiger partial charge in [-0.15, -0.1) is 0 Å². The summed E-state index contributed by atoms with van der Waals surface area (Å²) in [6.07, 6.45) is 1.12. The molecule has 0 saturated carbocycles. The number of aryl methyl sites for hydroxylation is 2. The lowest BCUT2D eigenvalue weighted by atomic mass is 10.1. The molecule has 19 heavy (non-hydrogen) atoms. The van der Waals surface area contributed by atoms with Crippen molar-refractivity contribution in [1.29, 1.82) is 5.26 Å². The molecular formula is C15H19N3O. The van der Waals surface area contributed by atoms with Crippen molar-refractivity contribution >= 4 is 11.6 Å². The fourth-order valence-corrected chi connectivity index (χ4v) is 2.59. The number of anilines is 1. The van der Waals surface area contributed by atoms with E-state index in [0.29, 0.717) is 6.54 Å². The van der Waals surface area contributed by atoms with Crippen molar-refractivity contribution in [2.45, 2.75) is 32.7 Å². The first-order chi connectivity index (χ1) is 9.11. The van der Waals surface area contributed by atoms with Crippen LogP contribution < -0.4 is 10.2 Å². The van der Waals surface area contributed by atoms with E-state index in [2.05, 4.69) is 34.5 Å². The van der Waals surface area contributed by atoms with Crippen molar-refractivity contribution in [1.82, 2.24) is 5.32 Å². The summed E-state index contributed by atoms with van der Waals surface area (Å²) in [5.41, 5.74) is 3.39. The lowest BCUT2D eigenvalue weighted by molar-refractivity contribution is -0.121. The maximum Gasteiger partial charge on any atom is 0.243 e. The molecule has 1 amide bonds. The number of benzene rings is 1. The van der Waals surface area contributed by atoms with Gasteiger partial charge >= 0.3 is 0 Å². The number of nitrogens with zero attached hydrogens (tertiary/aromatic N) is 2. The SMILES string of the molecule is Cc1cc(C)cc(N2CCCNC(=O)C2CC#N)c1. The predicted octanol–water partition coefficient (Wildman–Crippen LogP) is 1.91. The second-order valence-corrected chi connectivity index (χ2v) is 5.06. The quantitative estimate of drug-likeness (QED) is 0.880. The summed E-state index contributed by atoms with van der Waals surface area (Å²) >= 11 is 0. The smallest absolute Gasteiger partial charge is 0.243 e. The van der Waals surface area contributed by atoms with Crippen LogP contribution in [-0.4, -0.2) is 25.0 Å². The molecule has 1 aliphatic heterocycles. The van der Waals surface area contributed by atoms with Crippen LogP contribution in [0.2, 0.25) is 0 Å². The normalized spacial score (nSPS) is 19.5. The minimum absolute atomic E-state index is 0.0433. The number of amides is 1. The van der Waals surface area contributed by atoms with Crippen molar-refractivity contribution in [2.24, 2.45) is 0 Å². The molecule has 0 bridgehead atoms. The summed E-state index contributed by atoms with van der Waals surface area (Å²) in [4.78, 5) is 14.1. The first-order valence-corrected chi connectivity index (χ1v) is 6.61. The number of carbonyl (C=O) groups excluding carboxylic acids is 1. The average molecular weight is 257 g/mol. The second kappa shape index (κ2) is 5.75. The van der Waals surface area contributed by atoms with E-state index >= 15 is 0 Å². The molecule has 1 saturated heterocycles. The Balaban J connectivity index is 2.37. The lowest BCUT2D eigenvalue weighted by Crippen LogP contribution is -2.44. The molecule has 0 aromatic heterocycles. The van der Waals surface area contributed by atoms with Gasteiger partial charge in [0.15, 0.2) is 0 Å². The summed E-state index contributed by atoms with van der Waals surface area (Å²) in [5, 5.41) is 11.8. The molecule has 1 aromatic rings. The summed E-state index contributed by atoms with van der Waals surface area (Å²) < 4.78 is 0. The van der Waals surface area contributed by atoms with Gasteiger partial charge in [0.25, 0.3) is 0 Å². The first kappa shape index (κ1) is 13.4. The van der Waals surface area contributed by atoms with Gasteiger partial charge in [-0.2, -0.15) is 5.26 Å². The predicted molar refractivity (Wildman–Crippen MR) is 74.9 cm³/mol. The first-order valence-electron chi connectivity index (χ1n) is 6.61. The maximum atomic E-state index is 12.1. The molecule has 0 aliphatic carbocycles. The van der Waals surface area contributed by atoms with Gasteiger partial charge in [-0.25, -0.2) is 0 Å². The van der Waals surface area contributed by atoms with E-state index < -0.39 is 0 Å². The summed E-state index contributed by atoms with van der Waals surface area (Å²) in [5.74, 6) is -0.0433. The molecule has 1 fully saturated rings. The number of nitriles is 1. The Hall–Kier alpha value is -2.02. The van der Waals surface area contributed by atoms with Crippen LogP contribution >= 0.6 is 0 Å². The Morgan fingerprint density at radius 3 is 2.68 bits per heavy atom. The van der Waals surface area contributed by atoms with Crippen LogP contribution in [0.4, 0.5) is 5.69 Å². The summed E-state index contributed by atoms with van der Waals surface area (Å²) in [6, 6.07) is 8.01. The van der Waals surface area contributed by atoms with E-state index in [1.54, 1.807) is 0 Å². The van der Waals surface area contributed by atoms with Gasteiger partial charge < -0.3 is 10.2 Å². The third kappa shape index (κ3) is 3.05. The Labute approximate surface area is 114 Å². The zero-order valence-electron chi connectivity index (χ0n) is 11.4. The van der Waals surface area contributed by atoms with Gasteiger partial charge in [-0.3, -0.25) is 4.79 Å². The average Bonchev–Trinajstić information content (AvgIpc) is 2.52. The van der Waals surface area contributed by atoms with Crippen molar-refractivity contribution < 1.29 is 4.79 Å². The lowest BCUT2D eigenvalue weighted by Gasteiger charge is -2.29. The summed E-state index contributed by atoms with van der Waals surface area (Å²) in [7, 11) is 0. The van der Waals surface area contributed by atoms with Crippen LogP contribution in [0.1, 0.15) is 24.0 Å².